The molecular weight excluding hydrogens is 294 g/mol. The highest BCUT2D eigenvalue weighted by molar-refractivity contribution is 5.89. The van der Waals surface area contributed by atoms with Crippen LogP contribution in [0.2, 0.25) is 0 Å². The maximum atomic E-state index is 11.8. The van der Waals surface area contributed by atoms with E-state index in [1.165, 1.54) is 7.11 Å². The van der Waals surface area contributed by atoms with Crippen molar-refractivity contribution < 1.29 is 14.3 Å². The fraction of sp³-hybridized carbons (Fsp3) is 0.235. The number of anilines is 1. The molecule has 2 aromatic rings. The Morgan fingerprint density at radius 3 is 2.61 bits per heavy atom. The largest absolute Gasteiger partial charge is 0.465 e. The predicted molar refractivity (Wildman–Crippen MR) is 87.0 cm³/mol. The van der Waals surface area contributed by atoms with Gasteiger partial charge >= 0.3 is 5.97 Å². The molecule has 2 rings (SSSR count). The summed E-state index contributed by atoms with van der Waals surface area (Å²) in [5.74, 6) is -0.404. The van der Waals surface area contributed by atoms with Crippen molar-refractivity contribution in [3.05, 3.63) is 59.9 Å². The Kier molecular flexibility index (Phi) is 6.11. The van der Waals surface area contributed by atoms with Gasteiger partial charge < -0.3 is 15.4 Å². The molecule has 0 aliphatic heterocycles. The summed E-state index contributed by atoms with van der Waals surface area (Å²) >= 11 is 0. The van der Waals surface area contributed by atoms with Crippen molar-refractivity contribution in [2.75, 3.05) is 19.0 Å². The van der Waals surface area contributed by atoms with Gasteiger partial charge in [0.2, 0.25) is 5.91 Å². The van der Waals surface area contributed by atoms with Gasteiger partial charge in [0, 0.05) is 37.6 Å². The average molecular weight is 313 g/mol. The molecule has 0 aliphatic carbocycles. The molecule has 0 saturated heterocycles. The van der Waals surface area contributed by atoms with Crippen LogP contribution in [0.25, 0.3) is 0 Å². The van der Waals surface area contributed by atoms with Crippen LogP contribution in [-0.4, -0.2) is 30.5 Å². The minimum atomic E-state index is -0.369. The maximum absolute atomic E-state index is 11.8. The van der Waals surface area contributed by atoms with Crippen molar-refractivity contribution in [3.63, 3.8) is 0 Å². The van der Waals surface area contributed by atoms with Crippen LogP contribution in [0.3, 0.4) is 0 Å². The zero-order chi connectivity index (χ0) is 16.5. The Hall–Kier alpha value is -2.89. The molecule has 0 unspecified atom stereocenters. The summed E-state index contributed by atoms with van der Waals surface area (Å²) in [6, 6.07) is 10.7. The lowest BCUT2D eigenvalue weighted by molar-refractivity contribution is -0.121. The number of amides is 1. The number of nitrogens with zero attached hydrogens (tertiary/aromatic N) is 1. The summed E-state index contributed by atoms with van der Waals surface area (Å²) in [7, 11) is 1.35. The van der Waals surface area contributed by atoms with Crippen LogP contribution in [-0.2, 0) is 16.1 Å². The third-order valence-electron chi connectivity index (χ3n) is 3.20. The first-order valence-electron chi connectivity index (χ1n) is 7.27. The number of aromatic nitrogens is 1. The SMILES string of the molecule is COC(=O)c1ccc(NCCC(=O)NCc2cccnc2)cc1. The summed E-state index contributed by atoms with van der Waals surface area (Å²) in [5.41, 5.74) is 2.30. The molecule has 120 valence electrons. The number of ether oxygens (including phenoxy) is 1. The van der Waals surface area contributed by atoms with Crippen molar-refractivity contribution in [2.24, 2.45) is 0 Å². The number of methoxy groups -OCH3 is 1. The summed E-state index contributed by atoms with van der Waals surface area (Å²) < 4.78 is 4.64. The molecule has 0 aliphatic rings. The number of nitrogens with one attached hydrogen (secondary N) is 2. The minimum Gasteiger partial charge on any atom is -0.465 e. The van der Waals surface area contributed by atoms with Crippen molar-refractivity contribution in [3.8, 4) is 0 Å². The quantitative estimate of drug-likeness (QED) is 0.764. The van der Waals surface area contributed by atoms with E-state index in [0.717, 1.165) is 11.3 Å². The lowest BCUT2D eigenvalue weighted by Gasteiger charge is -2.08. The zero-order valence-electron chi connectivity index (χ0n) is 12.9. The second kappa shape index (κ2) is 8.53. The van der Waals surface area contributed by atoms with Gasteiger partial charge in [0.15, 0.2) is 0 Å². The first-order valence-corrected chi connectivity index (χ1v) is 7.27. The van der Waals surface area contributed by atoms with Crippen LogP contribution in [0.1, 0.15) is 22.3 Å². The first-order chi connectivity index (χ1) is 11.2. The molecule has 1 amide bonds. The molecule has 0 radical (unpaired) electrons. The molecule has 1 aromatic heterocycles. The number of hydrogen-bond donors (Lipinski definition) is 2. The van der Waals surface area contributed by atoms with E-state index < -0.39 is 0 Å². The van der Waals surface area contributed by atoms with Crippen molar-refractivity contribution >= 4 is 17.6 Å². The highest BCUT2D eigenvalue weighted by Crippen LogP contribution is 2.10. The number of pyridine rings is 1. The van der Waals surface area contributed by atoms with Gasteiger partial charge in [0.25, 0.3) is 0 Å². The van der Waals surface area contributed by atoms with E-state index in [-0.39, 0.29) is 11.9 Å². The fourth-order valence-corrected chi connectivity index (χ4v) is 1.95. The molecule has 1 aromatic carbocycles. The smallest absolute Gasteiger partial charge is 0.337 e. The standard InChI is InChI=1S/C17H19N3O3/c1-23-17(22)14-4-6-15(7-5-14)19-10-8-16(21)20-12-13-3-2-9-18-11-13/h2-7,9,11,19H,8,10,12H2,1H3,(H,20,21). The zero-order valence-corrected chi connectivity index (χ0v) is 12.9. The molecule has 6 nitrogen and oxygen atoms in total. The number of carbonyl (C=O) groups excluding carboxylic acids is 2. The van der Waals surface area contributed by atoms with Crippen LogP contribution in [0.5, 0.6) is 0 Å². The summed E-state index contributed by atoms with van der Waals surface area (Å²) in [4.78, 5) is 27.1. The molecule has 1 heterocycles. The van der Waals surface area contributed by atoms with E-state index in [4.69, 9.17) is 0 Å². The van der Waals surface area contributed by atoms with E-state index in [2.05, 4.69) is 20.4 Å². The predicted octanol–water partition coefficient (Wildman–Crippen LogP) is 1.99. The highest BCUT2D eigenvalue weighted by atomic mass is 16.5. The Morgan fingerprint density at radius 2 is 1.96 bits per heavy atom. The normalized spacial score (nSPS) is 9.96. The second-order valence-corrected chi connectivity index (χ2v) is 4.88. The molecule has 0 saturated carbocycles. The van der Waals surface area contributed by atoms with Crippen LogP contribution < -0.4 is 10.6 Å². The van der Waals surface area contributed by atoms with Crippen molar-refractivity contribution in [2.45, 2.75) is 13.0 Å². The van der Waals surface area contributed by atoms with E-state index in [9.17, 15) is 9.59 Å². The van der Waals surface area contributed by atoms with Gasteiger partial charge in [-0.1, -0.05) is 6.07 Å². The number of rotatable bonds is 7. The van der Waals surface area contributed by atoms with Gasteiger partial charge in [-0.2, -0.15) is 0 Å². The molecule has 2 N–H and O–H groups in total. The Bertz CT molecular complexity index is 642. The lowest BCUT2D eigenvalue weighted by atomic mass is 10.2. The van der Waals surface area contributed by atoms with Gasteiger partial charge in [-0.25, -0.2) is 4.79 Å². The molecule has 0 spiro atoms. The minimum absolute atomic E-state index is 0.0347. The van der Waals surface area contributed by atoms with Crippen molar-refractivity contribution in [1.82, 2.24) is 10.3 Å². The van der Waals surface area contributed by atoms with Crippen LogP contribution >= 0.6 is 0 Å². The van der Waals surface area contributed by atoms with Gasteiger partial charge in [0.1, 0.15) is 0 Å². The number of esters is 1. The summed E-state index contributed by atoms with van der Waals surface area (Å²) in [6.45, 7) is 0.983. The van der Waals surface area contributed by atoms with Gasteiger partial charge in [-0.05, 0) is 35.9 Å². The fourth-order valence-electron chi connectivity index (χ4n) is 1.95. The van der Waals surface area contributed by atoms with Gasteiger partial charge in [-0.15, -0.1) is 0 Å². The average Bonchev–Trinajstić information content (AvgIpc) is 2.61. The number of carbonyl (C=O) groups is 2. The van der Waals surface area contributed by atoms with E-state index in [1.54, 1.807) is 36.7 Å². The third kappa shape index (κ3) is 5.43. The monoisotopic (exact) mass is 313 g/mol. The van der Waals surface area contributed by atoms with Gasteiger partial charge in [0.05, 0.1) is 12.7 Å². The Labute approximate surface area is 134 Å². The molecule has 0 fully saturated rings. The van der Waals surface area contributed by atoms with E-state index in [1.807, 2.05) is 12.1 Å². The second-order valence-electron chi connectivity index (χ2n) is 4.88. The number of benzene rings is 1. The van der Waals surface area contributed by atoms with E-state index in [0.29, 0.717) is 25.1 Å². The van der Waals surface area contributed by atoms with Gasteiger partial charge in [-0.3, -0.25) is 9.78 Å². The molecule has 6 heteroatoms. The van der Waals surface area contributed by atoms with E-state index >= 15 is 0 Å². The maximum Gasteiger partial charge on any atom is 0.337 e. The Balaban J connectivity index is 1.70. The summed E-state index contributed by atoms with van der Waals surface area (Å²) in [6.07, 6.45) is 3.78. The Morgan fingerprint density at radius 1 is 1.17 bits per heavy atom. The molecule has 23 heavy (non-hydrogen) atoms. The number of hydrogen-bond acceptors (Lipinski definition) is 5. The first kappa shape index (κ1) is 16.5. The highest BCUT2D eigenvalue weighted by Gasteiger charge is 2.05. The topological polar surface area (TPSA) is 80.3 Å². The third-order valence-corrected chi connectivity index (χ3v) is 3.20. The van der Waals surface area contributed by atoms with Crippen LogP contribution in [0.15, 0.2) is 48.8 Å². The molecular formula is C17H19N3O3. The van der Waals surface area contributed by atoms with Crippen LogP contribution in [0.4, 0.5) is 5.69 Å². The lowest BCUT2D eigenvalue weighted by Crippen LogP contribution is -2.24. The van der Waals surface area contributed by atoms with Crippen molar-refractivity contribution in [1.29, 1.82) is 0 Å². The van der Waals surface area contributed by atoms with Crippen LogP contribution in [0, 0.1) is 0 Å². The molecule has 0 bridgehead atoms. The molecule has 0 atom stereocenters. The summed E-state index contributed by atoms with van der Waals surface area (Å²) in [5, 5.41) is 5.97.